The molecule has 0 N–H and O–H groups in total. The molecule has 3 heteroatoms. The molecular weight excluding hydrogens is 260 g/mol. The average Bonchev–Trinajstić information content (AvgIpc) is 2.65. The molecule has 0 aromatic carbocycles. The van der Waals surface area contributed by atoms with Crippen LogP contribution in [0.4, 0.5) is 0 Å². The Bertz CT molecular complexity index is 111. The molecule has 1 aliphatic heterocycles. The number of ether oxygens (including phenoxy) is 1. The van der Waals surface area contributed by atoms with Crippen molar-refractivity contribution in [2.45, 2.75) is 52.2 Å². The van der Waals surface area contributed by atoms with Crippen molar-refractivity contribution in [1.82, 2.24) is 0 Å². The van der Waals surface area contributed by atoms with E-state index in [4.69, 9.17) is 4.74 Å². The topological polar surface area (TPSA) is 23.3 Å². The van der Waals surface area contributed by atoms with Gasteiger partial charge in [-0.25, -0.2) is 0 Å². The summed E-state index contributed by atoms with van der Waals surface area (Å²) in [6.07, 6.45) is 3.82. The van der Waals surface area contributed by atoms with Crippen LogP contribution < -0.4 is 0 Å². The van der Waals surface area contributed by atoms with Gasteiger partial charge in [-0.3, -0.25) is 0 Å². The molecule has 2 nitrogen and oxygen atoms in total. The predicted octanol–water partition coefficient (Wildman–Crippen LogP) is 3.18. The van der Waals surface area contributed by atoms with E-state index in [1.807, 2.05) is 0 Å². The van der Waals surface area contributed by atoms with E-state index in [0.29, 0.717) is 12.1 Å². The Morgan fingerprint density at radius 2 is 2.00 bits per heavy atom. The summed E-state index contributed by atoms with van der Waals surface area (Å²) in [6.45, 7) is 11.2. The average molecular weight is 283 g/mol. The molecule has 0 amide bonds. The van der Waals surface area contributed by atoms with E-state index in [1.165, 1.54) is 0 Å². The van der Waals surface area contributed by atoms with Crippen LogP contribution in [0, 0.1) is 6.92 Å². The van der Waals surface area contributed by atoms with Crippen molar-refractivity contribution in [3.05, 3.63) is 12.2 Å². The van der Waals surface area contributed by atoms with E-state index in [-0.39, 0.29) is 20.1 Å². The second-order valence-electron chi connectivity index (χ2n) is 3.08. The molecule has 1 saturated heterocycles. The molecule has 1 fully saturated rings. The van der Waals surface area contributed by atoms with Crippen molar-refractivity contribution >= 4 is 0 Å². The van der Waals surface area contributed by atoms with Gasteiger partial charge in [0.05, 0.1) is 0 Å². The molecule has 1 rings (SSSR count). The van der Waals surface area contributed by atoms with Crippen molar-refractivity contribution in [2.75, 3.05) is 13.2 Å². The molecule has 0 aliphatic carbocycles. The Balaban J connectivity index is 0. The Hall–Kier alpha value is 0.569. The molecule has 87 valence electrons. The first-order chi connectivity index (χ1) is 6.38. The summed E-state index contributed by atoms with van der Waals surface area (Å²) in [6, 6.07) is 0.488. The quantitative estimate of drug-likeness (QED) is 0.727. The summed E-state index contributed by atoms with van der Waals surface area (Å²) in [5.74, 6) is 0. The molecule has 2 unspecified atom stereocenters. The first-order valence-corrected chi connectivity index (χ1v) is 5.37. The summed E-state index contributed by atoms with van der Waals surface area (Å²) in [7, 11) is 0. The van der Waals surface area contributed by atoms with Crippen molar-refractivity contribution in [1.29, 1.82) is 0 Å². The number of rotatable bonds is 4. The minimum atomic E-state index is 0. The van der Waals surface area contributed by atoms with Gasteiger partial charge in [0, 0.05) is 32.8 Å². The molecule has 1 radical (unpaired) electrons. The van der Waals surface area contributed by atoms with Crippen LogP contribution in [0.1, 0.15) is 40.0 Å². The fourth-order valence-corrected chi connectivity index (χ4v) is 1.53. The van der Waals surface area contributed by atoms with Crippen LogP contribution in [0.5, 0.6) is 0 Å². The monoisotopic (exact) mass is 282 g/mol. The summed E-state index contributed by atoms with van der Waals surface area (Å²) < 4.78 is 5.66. The van der Waals surface area contributed by atoms with Crippen molar-refractivity contribution in [2.24, 2.45) is 0 Å². The van der Waals surface area contributed by atoms with Gasteiger partial charge in [0.2, 0.25) is 0 Å². The largest absolute Gasteiger partial charge is 0.657 e. The third-order valence-electron chi connectivity index (χ3n) is 2.16. The van der Waals surface area contributed by atoms with Crippen molar-refractivity contribution in [3.8, 4) is 0 Å². The molecular formula is C11H23NOTc-2. The van der Waals surface area contributed by atoms with Gasteiger partial charge in [-0.2, -0.15) is 6.92 Å². The maximum atomic E-state index is 5.66. The maximum absolute atomic E-state index is 5.66. The van der Waals surface area contributed by atoms with Crippen LogP contribution in [0.25, 0.3) is 5.32 Å². The second-order valence-corrected chi connectivity index (χ2v) is 3.08. The van der Waals surface area contributed by atoms with Crippen molar-refractivity contribution < 1.29 is 24.8 Å². The fourth-order valence-electron chi connectivity index (χ4n) is 1.53. The summed E-state index contributed by atoms with van der Waals surface area (Å²) in [5, 5.41) is 4.46. The van der Waals surface area contributed by atoms with Crippen LogP contribution in [0.3, 0.4) is 0 Å². The maximum Gasteiger partial charge on any atom is 0.0466 e. The predicted molar refractivity (Wildman–Crippen MR) is 58.0 cm³/mol. The molecule has 0 saturated carbocycles. The summed E-state index contributed by atoms with van der Waals surface area (Å²) in [4.78, 5) is 0. The molecule has 2 atom stereocenters. The number of hydrogen-bond donors (Lipinski definition) is 0. The first kappa shape index (κ1) is 17.0. The van der Waals surface area contributed by atoms with Crippen LogP contribution >= 0.6 is 0 Å². The van der Waals surface area contributed by atoms with Gasteiger partial charge < -0.3 is 17.0 Å². The Morgan fingerprint density at radius 3 is 2.50 bits per heavy atom. The minimum Gasteiger partial charge on any atom is -0.657 e. The molecule has 0 spiro atoms. The van der Waals surface area contributed by atoms with E-state index in [0.717, 1.165) is 32.4 Å². The summed E-state index contributed by atoms with van der Waals surface area (Å²) in [5.41, 5.74) is 0. The Morgan fingerprint density at radius 1 is 1.36 bits per heavy atom. The van der Waals surface area contributed by atoms with Crippen LogP contribution in [-0.4, -0.2) is 25.3 Å². The van der Waals surface area contributed by atoms with Gasteiger partial charge in [0.15, 0.2) is 0 Å². The Kier molecular flexibility index (Phi) is 14.1. The van der Waals surface area contributed by atoms with Gasteiger partial charge in [-0.1, -0.05) is 20.3 Å². The van der Waals surface area contributed by atoms with E-state index < -0.39 is 0 Å². The molecule has 14 heavy (non-hydrogen) atoms. The SMILES string of the molecule is CCCOC1CC[N-]C1CC.[CH2-]C.[Tc]. The number of nitrogens with zero attached hydrogens (tertiary/aromatic N) is 1. The zero-order chi connectivity index (χ0) is 10.1. The zero-order valence-electron chi connectivity index (χ0n) is 9.63. The molecule has 0 aromatic rings. The number of hydrogen-bond acceptors (Lipinski definition) is 1. The third-order valence-corrected chi connectivity index (χ3v) is 2.16. The van der Waals surface area contributed by atoms with Crippen LogP contribution in [-0.2, 0) is 24.8 Å². The molecule has 1 aliphatic rings. The molecule has 1 heterocycles. The standard InChI is InChI=1S/C9H18NO.C2H5.Tc/c1-3-7-11-9-5-6-10-8(9)4-2;1-2;/h8-9H,3-7H2,1-2H3;1H2,2H3;/q2*-1;. The van der Waals surface area contributed by atoms with Crippen LogP contribution in [0.15, 0.2) is 0 Å². The smallest absolute Gasteiger partial charge is 0.0466 e. The van der Waals surface area contributed by atoms with Gasteiger partial charge in [-0.05, 0) is 12.8 Å². The van der Waals surface area contributed by atoms with E-state index in [2.05, 4.69) is 26.1 Å². The van der Waals surface area contributed by atoms with E-state index >= 15 is 0 Å². The van der Waals surface area contributed by atoms with Gasteiger partial charge in [-0.15, -0.1) is 12.6 Å². The van der Waals surface area contributed by atoms with Gasteiger partial charge >= 0.3 is 0 Å². The normalized spacial score (nSPS) is 24.9. The molecule has 0 bridgehead atoms. The van der Waals surface area contributed by atoms with Crippen LogP contribution in [0.2, 0.25) is 0 Å². The van der Waals surface area contributed by atoms with Crippen molar-refractivity contribution in [3.63, 3.8) is 0 Å². The van der Waals surface area contributed by atoms with E-state index in [1.54, 1.807) is 6.92 Å². The van der Waals surface area contributed by atoms with Gasteiger partial charge in [0.25, 0.3) is 0 Å². The summed E-state index contributed by atoms with van der Waals surface area (Å²) >= 11 is 0. The Labute approximate surface area is 103 Å². The first-order valence-electron chi connectivity index (χ1n) is 5.37. The third kappa shape index (κ3) is 6.13. The fraction of sp³-hybridized carbons (Fsp3) is 0.909. The minimum absolute atomic E-state index is 0. The molecule has 0 aromatic heterocycles. The second kappa shape index (κ2) is 11.6. The zero-order valence-corrected chi connectivity index (χ0v) is 11.5. The van der Waals surface area contributed by atoms with Gasteiger partial charge in [0.1, 0.15) is 0 Å². The van der Waals surface area contributed by atoms with E-state index in [9.17, 15) is 0 Å².